The summed E-state index contributed by atoms with van der Waals surface area (Å²) in [5, 5.41) is 3.07. The van der Waals surface area contributed by atoms with Crippen molar-refractivity contribution in [3.05, 3.63) is 59.7 Å². The van der Waals surface area contributed by atoms with Gasteiger partial charge in [-0.05, 0) is 37.4 Å². The first-order valence-corrected chi connectivity index (χ1v) is 8.77. The van der Waals surface area contributed by atoms with Crippen molar-refractivity contribution in [2.75, 3.05) is 44.7 Å². The van der Waals surface area contributed by atoms with Crippen LogP contribution in [0.25, 0.3) is 0 Å². The quantitative estimate of drug-likeness (QED) is 0.933. The molecule has 0 aliphatic carbocycles. The molecule has 2 aromatic carbocycles. The Balaban J connectivity index is 1.41. The Hall–Kier alpha value is -2.53. The van der Waals surface area contributed by atoms with Gasteiger partial charge in [-0.25, -0.2) is 0 Å². The van der Waals surface area contributed by atoms with Crippen LogP contribution in [0.4, 0.5) is 5.69 Å². The molecule has 25 heavy (non-hydrogen) atoms. The van der Waals surface area contributed by atoms with Crippen LogP contribution in [0.5, 0.6) is 5.75 Å². The number of hydrogen-bond donors (Lipinski definition) is 1. The maximum absolute atomic E-state index is 12.6. The number of benzene rings is 2. The SMILES string of the molecule is CN1CCN(c2ccc(C(=O)N[C@H]3COc4ccccc43)cc2)CC1. The summed E-state index contributed by atoms with van der Waals surface area (Å²) >= 11 is 0. The van der Waals surface area contributed by atoms with Gasteiger partial charge in [-0.2, -0.15) is 0 Å². The molecule has 2 heterocycles. The van der Waals surface area contributed by atoms with E-state index in [1.54, 1.807) is 0 Å². The smallest absolute Gasteiger partial charge is 0.251 e. The summed E-state index contributed by atoms with van der Waals surface area (Å²) in [4.78, 5) is 17.3. The molecule has 1 N–H and O–H groups in total. The van der Waals surface area contributed by atoms with Crippen molar-refractivity contribution < 1.29 is 9.53 Å². The van der Waals surface area contributed by atoms with Crippen LogP contribution in [0, 0.1) is 0 Å². The number of rotatable bonds is 3. The zero-order chi connectivity index (χ0) is 17.2. The summed E-state index contributed by atoms with van der Waals surface area (Å²) in [7, 11) is 2.15. The van der Waals surface area contributed by atoms with Gasteiger partial charge >= 0.3 is 0 Å². The molecule has 4 rings (SSSR count). The van der Waals surface area contributed by atoms with Gasteiger partial charge in [-0.3, -0.25) is 4.79 Å². The number of nitrogens with zero attached hydrogens (tertiary/aromatic N) is 2. The fraction of sp³-hybridized carbons (Fsp3) is 0.350. The Bertz CT molecular complexity index is 752. The number of carbonyl (C=O) groups is 1. The summed E-state index contributed by atoms with van der Waals surface area (Å²) in [5.41, 5.74) is 2.91. The maximum Gasteiger partial charge on any atom is 0.251 e. The van der Waals surface area contributed by atoms with E-state index in [1.807, 2.05) is 48.5 Å². The molecule has 0 aromatic heterocycles. The van der Waals surface area contributed by atoms with E-state index in [9.17, 15) is 4.79 Å². The number of amides is 1. The van der Waals surface area contributed by atoms with Crippen molar-refractivity contribution in [2.45, 2.75) is 6.04 Å². The minimum absolute atomic E-state index is 0.0600. The molecule has 0 radical (unpaired) electrons. The molecular weight excluding hydrogens is 314 g/mol. The summed E-state index contributed by atoms with van der Waals surface area (Å²) in [6, 6.07) is 15.7. The van der Waals surface area contributed by atoms with Gasteiger partial charge in [0.05, 0.1) is 6.04 Å². The van der Waals surface area contributed by atoms with Crippen molar-refractivity contribution >= 4 is 11.6 Å². The topological polar surface area (TPSA) is 44.8 Å². The molecule has 1 saturated heterocycles. The molecule has 1 amide bonds. The Morgan fingerprint density at radius 1 is 1.04 bits per heavy atom. The number of anilines is 1. The Morgan fingerprint density at radius 3 is 2.52 bits per heavy atom. The molecule has 5 nitrogen and oxygen atoms in total. The van der Waals surface area contributed by atoms with Crippen molar-refractivity contribution in [1.29, 1.82) is 0 Å². The second kappa shape index (κ2) is 6.76. The number of para-hydroxylation sites is 1. The third-order valence-corrected chi connectivity index (χ3v) is 5.00. The summed E-state index contributed by atoms with van der Waals surface area (Å²) in [6.07, 6.45) is 0. The monoisotopic (exact) mass is 337 g/mol. The van der Waals surface area contributed by atoms with Gasteiger partial charge in [0, 0.05) is 43.0 Å². The number of fused-ring (bicyclic) bond motifs is 1. The number of ether oxygens (including phenoxy) is 1. The van der Waals surface area contributed by atoms with Crippen LogP contribution in [0.15, 0.2) is 48.5 Å². The molecule has 1 atom stereocenters. The van der Waals surface area contributed by atoms with Gasteiger partial charge in [0.15, 0.2) is 0 Å². The highest BCUT2D eigenvalue weighted by Gasteiger charge is 2.25. The average Bonchev–Trinajstić information content (AvgIpc) is 3.06. The van der Waals surface area contributed by atoms with E-state index in [1.165, 1.54) is 5.69 Å². The third-order valence-electron chi connectivity index (χ3n) is 5.00. The van der Waals surface area contributed by atoms with E-state index in [2.05, 4.69) is 22.2 Å². The highest BCUT2D eigenvalue weighted by atomic mass is 16.5. The zero-order valence-electron chi connectivity index (χ0n) is 14.4. The predicted octanol–water partition coefficient (Wildman–Crippen LogP) is 2.30. The van der Waals surface area contributed by atoms with Crippen molar-refractivity contribution in [1.82, 2.24) is 10.2 Å². The lowest BCUT2D eigenvalue weighted by Gasteiger charge is -2.34. The van der Waals surface area contributed by atoms with Crippen molar-refractivity contribution in [2.24, 2.45) is 0 Å². The van der Waals surface area contributed by atoms with E-state index in [0.29, 0.717) is 12.2 Å². The molecular formula is C20H23N3O2. The number of nitrogens with one attached hydrogen (secondary N) is 1. The Morgan fingerprint density at radius 2 is 1.76 bits per heavy atom. The first-order chi connectivity index (χ1) is 12.2. The van der Waals surface area contributed by atoms with E-state index in [-0.39, 0.29) is 11.9 Å². The van der Waals surface area contributed by atoms with E-state index >= 15 is 0 Å². The van der Waals surface area contributed by atoms with Crippen LogP contribution in [0.2, 0.25) is 0 Å². The number of piperazine rings is 1. The molecule has 2 aliphatic rings. The van der Waals surface area contributed by atoms with Crippen LogP contribution < -0.4 is 15.0 Å². The minimum Gasteiger partial charge on any atom is -0.491 e. The van der Waals surface area contributed by atoms with Crippen LogP contribution in [-0.2, 0) is 0 Å². The molecule has 2 aromatic rings. The Labute approximate surface area is 148 Å². The van der Waals surface area contributed by atoms with Gasteiger partial charge in [0.25, 0.3) is 5.91 Å². The van der Waals surface area contributed by atoms with Crippen LogP contribution in [0.1, 0.15) is 22.0 Å². The normalized spacial score (nSPS) is 20.0. The van der Waals surface area contributed by atoms with Crippen LogP contribution in [0.3, 0.4) is 0 Å². The van der Waals surface area contributed by atoms with Crippen molar-refractivity contribution in [3.8, 4) is 5.75 Å². The molecule has 0 unspecified atom stereocenters. The highest BCUT2D eigenvalue weighted by Crippen LogP contribution is 2.31. The lowest BCUT2D eigenvalue weighted by molar-refractivity contribution is 0.0930. The van der Waals surface area contributed by atoms with Crippen LogP contribution in [-0.4, -0.2) is 50.6 Å². The van der Waals surface area contributed by atoms with Gasteiger partial charge < -0.3 is 19.9 Å². The average molecular weight is 337 g/mol. The highest BCUT2D eigenvalue weighted by molar-refractivity contribution is 5.94. The number of carbonyl (C=O) groups excluding carboxylic acids is 1. The standard InChI is InChI=1S/C20H23N3O2/c1-22-10-12-23(13-11-22)16-8-6-15(7-9-16)20(24)21-18-14-25-19-5-3-2-4-17(18)19/h2-9,18H,10-14H2,1H3,(H,21,24)/t18-/m0/s1. The van der Waals surface area contributed by atoms with E-state index in [4.69, 9.17) is 4.74 Å². The fourth-order valence-electron chi connectivity index (χ4n) is 3.41. The van der Waals surface area contributed by atoms with E-state index in [0.717, 1.165) is 37.5 Å². The van der Waals surface area contributed by atoms with Gasteiger partial charge in [-0.1, -0.05) is 18.2 Å². The molecule has 1 fully saturated rings. The minimum atomic E-state index is -0.0824. The lowest BCUT2D eigenvalue weighted by Crippen LogP contribution is -2.44. The van der Waals surface area contributed by atoms with Gasteiger partial charge in [-0.15, -0.1) is 0 Å². The zero-order valence-corrected chi connectivity index (χ0v) is 14.4. The number of likely N-dealkylation sites (N-methyl/N-ethyl adjacent to an activating group) is 1. The molecule has 0 saturated carbocycles. The second-order valence-electron chi connectivity index (χ2n) is 6.71. The third kappa shape index (κ3) is 3.33. The fourth-order valence-corrected chi connectivity index (χ4v) is 3.41. The molecule has 5 heteroatoms. The first kappa shape index (κ1) is 16.0. The molecule has 130 valence electrons. The van der Waals surface area contributed by atoms with Gasteiger partial charge in [0.2, 0.25) is 0 Å². The Kier molecular flexibility index (Phi) is 4.32. The maximum atomic E-state index is 12.6. The van der Waals surface area contributed by atoms with Crippen LogP contribution >= 0.6 is 0 Å². The molecule has 2 aliphatic heterocycles. The summed E-state index contributed by atoms with van der Waals surface area (Å²) < 4.78 is 5.63. The molecule has 0 bridgehead atoms. The first-order valence-electron chi connectivity index (χ1n) is 8.77. The second-order valence-corrected chi connectivity index (χ2v) is 6.71. The summed E-state index contributed by atoms with van der Waals surface area (Å²) in [6.45, 7) is 4.69. The van der Waals surface area contributed by atoms with E-state index < -0.39 is 0 Å². The largest absolute Gasteiger partial charge is 0.491 e. The lowest BCUT2D eigenvalue weighted by atomic mass is 10.1. The molecule has 0 spiro atoms. The van der Waals surface area contributed by atoms with Crippen molar-refractivity contribution in [3.63, 3.8) is 0 Å². The summed E-state index contributed by atoms with van der Waals surface area (Å²) in [5.74, 6) is 0.799. The number of hydrogen-bond acceptors (Lipinski definition) is 4. The predicted molar refractivity (Wildman–Crippen MR) is 98.3 cm³/mol. The van der Waals surface area contributed by atoms with Gasteiger partial charge in [0.1, 0.15) is 12.4 Å².